The van der Waals surface area contributed by atoms with Gasteiger partial charge >= 0.3 is 0 Å². The number of nitrogens with zero attached hydrogens (tertiary/aromatic N) is 3. The van der Waals surface area contributed by atoms with Crippen molar-refractivity contribution >= 4 is 0 Å². The Morgan fingerprint density at radius 3 is 2.20 bits per heavy atom. The molecule has 0 aromatic rings. The van der Waals surface area contributed by atoms with Gasteiger partial charge in [-0.15, -0.1) is 0 Å². The Hall–Kier alpha value is -0.600. The van der Waals surface area contributed by atoms with Crippen LogP contribution in [0.25, 0.3) is 0 Å². The first kappa shape index (κ1) is 7.51. The molecule has 1 aliphatic heterocycles. The highest BCUT2D eigenvalue weighted by molar-refractivity contribution is 4.81. The fourth-order valence-electron chi connectivity index (χ4n) is 1.18. The van der Waals surface area contributed by atoms with Crippen molar-refractivity contribution in [1.29, 1.82) is 0 Å². The second-order valence-electron chi connectivity index (χ2n) is 3.78. The molecule has 0 radical (unpaired) electrons. The summed E-state index contributed by atoms with van der Waals surface area (Å²) < 4.78 is 0. The maximum Gasteiger partial charge on any atom is 0.0838 e. The predicted molar refractivity (Wildman–Crippen MR) is 40.8 cm³/mol. The van der Waals surface area contributed by atoms with Crippen LogP contribution in [0.5, 0.6) is 0 Å². The van der Waals surface area contributed by atoms with Crippen molar-refractivity contribution in [2.45, 2.75) is 39.3 Å². The van der Waals surface area contributed by atoms with Crippen LogP contribution in [-0.4, -0.2) is 23.1 Å². The van der Waals surface area contributed by atoms with Crippen molar-refractivity contribution in [1.82, 2.24) is 5.01 Å². The van der Waals surface area contributed by atoms with Crippen LogP contribution in [0.15, 0.2) is 10.3 Å². The van der Waals surface area contributed by atoms with E-state index in [1.54, 1.807) is 0 Å². The van der Waals surface area contributed by atoms with E-state index in [1.807, 2.05) is 5.01 Å². The second kappa shape index (κ2) is 2.22. The molecule has 3 nitrogen and oxygen atoms in total. The van der Waals surface area contributed by atoms with E-state index < -0.39 is 0 Å². The second-order valence-corrected chi connectivity index (χ2v) is 3.78. The molecule has 1 rings (SSSR count). The third-order valence-corrected chi connectivity index (χ3v) is 1.61. The zero-order valence-electron chi connectivity index (χ0n) is 7.13. The topological polar surface area (TPSA) is 28.0 Å². The van der Waals surface area contributed by atoms with Gasteiger partial charge in [0.15, 0.2) is 0 Å². The predicted octanol–water partition coefficient (Wildman–Crippen LogP) is 1.86. The first-order chi connectivity index (χ1) is 4.52. The smallest absolute Gasteiger partial charge is 0.0838 e. The van der Waals surface area contributed by atoms with E-state index in [-0.39, 0.29) is 5.54 Å². The van der Waals surface area contributed by atoms with E-state index in [2.05, 4.69) is 38.0 Å². The molecule has 10 heavy (non-hydrogen) atoms. The highest BCUT2D eigenvalue weighted by Crippen LogP contribution is 2.21. The fourth-order valence-corrected chi connectivity index (χ4v) is 1.18. The normalized spacial score (nSPS) is 26.0. The van der Waals surface area contributed by atoms with Gasteiger partial charge in [0.25, 0.3) is 0 Å². The van der Waals surface area contributed by atoms with Gasteiger partial charge in [-0.25, -0.2) is 0 Å². The molecule has 0 bridgehead atoms. The molecule has 1 atom stereocenters. The molecule has 0 amide bonds. The van der Waals surface area contributed by atoms with E-state index in [4.69, 9.17) is 0 Å². The third kappa shape index (κ3) is 1.28. The maximum absolute atomic E-state index is 4.05. The summed E-state index contributed by atoms with van der Waals surface area (Å²) in [5, 5.41) is 10.1. The lowest BCUT2D eigenvalue weighted by Crippen LogP contribution is -2.41. The molecule has 58 valence electrons. The van der Waals surface area contributed by atoms with Crippen molar-refractivity contribution in [3.8, 4) is 0 Å². The zero-order valence-corrected chi connectivity index (χ0v) is 7.13. The van der Waals surface area contributed by atoms with Crippen molar-refractivity contribution < 1.29 is 0 Å². The molecule has 0 fully saturated rings. The van der Waals surface area contributed by atoms with E-state index in [0.29, 0.717) is 6.04 Å². The first-order valence-corrected chi connectivity index (χ1v) is 3.68. The zero-order chi connectivity index (χ0) is 7.78. The van der Waals surface area contributed by atoms with Crippen LogP contribution in [-0.2, 0) is 0 Å². The Morgan fingerprint density at radius 2 is 2.00 bits per heavy atom. The maximum atomic E-state index is 4.05. The molecule has 0 saturated heterocycles. The van der Waals surface area contributed by atoms with Gasteiger partial charge in [-0.1, -0.05) is 5.22 Å². The molecular formula is C7H15N3. The van der Waals surface area contributed by atoms with Crippen LogP contribution in [0.4, 0.5) is 0 Å². The Balaban J connectivity index is 2.64. The number of hydrogen-bond donors (Lipinski definition) is 0. The summed E-state index contributed by atoms with van der Waals surface area (Å²) in [6, 6.07) is 0.472. The number of hydrogen-bond acceptors (Lipinski definition) is 3. The van der Waals surface area contributed by atoms with Gasteiger partial charge in [-0.3, -0.25) is 5.01 Å². The Kier molecular flexibility index (Phi) is 1.67. The summed E-state index contributed by atoms with van der Waals surface area (Å²) in [5.41, 5.74) is 0.124. The van der Waals surface area contributed by atoms with E-state index in [1.165, 1.54) is 0 Å². The lowest BCUT2D eigenvalue weighted by atomic mass is 10.1. The molecule has 0 spiro atoms. The monoisotopic (exact) mass is 141 g/mol. The van der Waals surface area contributed by atoms with Gasteiger partial charge in [-0.05, 0) is 27.7 Å². The summed E-state index contributed by atoms with van der Waals surface area (Å²) in [7, 11) is 0. The Labute approximate surface area is 62.1 Å². The molecule has 0 saturated carbocycles. The van der Waals surface area contributed by atoms with Crippen LogP contribution in [0.3, 0.4) is 0 Å². The van der Waals surface area contributed by atoms with Gasteiger partial charge in [0, 0.05) is 0 Å². The van der Waals surface area contributed by atoms with Gasteiger partial charge in [-0.2, -0.15) is 5.11 Å². The summed E-state index contributed by atoms with van der Waals surface area (Å²) in [6.07, 6.45) is 0. The van der Waals surface area contributed by atoms with Crippen LogP contribution in [0.2, 0.25) is 0 Å². The molecular weight excluding hydrogens is 126 g/mol. The Morgan fingerprint density at radius 1 is 1.40 bits per heavy atom. The highest BCUT2D eigenvalue weighted by Gasteiger charge is 2.28. The van der Waals surface area contributed by atoms with Crippen LogP contribution >= 0.6 is 0 Å². The summed E-state index contributed by atoms with van der Waals surface area (Å²) in [6.45, 7) is 9.43. The largest absolute Gasteiger partial charge is 0.269 e. The summed E-state index contributed by atoms with van der Waals surface area (Å²) in [4.78, 5) is 0. The molecule has 0 aromatic carbocycles. The van der Waals surface area contributed by atoms with E-state index in [0.717, 1.165) is 6.54 Å². The van der Waals surface area contributed by atoms with Gasteiger partial charge < -0.3 is 0 Å². The average Bonchev–Trinajstić information content (AvgIpc) is 2.11. The lowest BCUT2D eigenvalue weighted by Gasteiger charge is -2.32. The minimum atomic E-state index is 0.124. The number of rotatable bonds is 0. The third-order valence-electron chi connectivity index (χ3n) is 1.61. The molecule has 1 heterocycles. The molecule has 3 heteroatoms. The Bertz CT molecular complexity index is 145. The highest BCUT2D eigenvalue weighted by atomic mass is 15.6. The van der Waals surface area contributed by atoms with Crippen molar-refractivity contribution in [3.05, 3.63) is 0 Å². The standard InChI is InChI=1S/C7H15N3/c1-6-5-8-9-10(6)7(2,3)4/h6H,5H2,1-4H3. The molecule has 0 aromatic heterocycles. The molecule has 0 N–H and O–H groups in total. The van der Waals surface area contributed by atoms with E-state index >= 15 is 0 Å². The first-order valence-electron chi connectivity index (χ1n) is 3.68. The van der Waals surface area contributed by atoms with Gasteiger partial charge in [0.2, 0.25) is 0 Å². The quantitative estimate of drug-likeness (QED) is 0.506. The summed E-state index contributed by atoms with van der Waals surface area (Å²) >= 11 is 0. The SMILES string of the molecule is CC1CN=NN1C(C)(C)C. The van der Waals surface area contributed by atoms with E-state index in [9.17, 15) is 0 Å². The lowest BCUT2D eigenvalue weighted by molar-refractivity contribution is 0.117. The molecule has 1 aliphatic rings. The minimum absolute atomic E-state index is 0.124. The minimum Gasteiger partial charge on any atom is -0.269 e. The van der Waals surface area contributed by atoms with Gasteiger partial charge in [0.1, 0.15) is 0 Å². The van der Waals surface area contributed by atoms with Crippen molar-refractivity contribution in [2.24, 2.45) is 10.3 Å². The summed E-state index contributed by atoms with van der Waals surface area (Å²) in [5.74, 6) is 0. The van der Waals surface area contributed by atoms with Gasteiger partial charge in [0.05, 0.1) is 18.1 Å². The average molecular weight is 141 g/mol. The van der Waals surface area contributed by atoms with Crippen LogP contribution in [0.1, 0.15) is 27.7 Å². The van der Waals surface area contributed by atoms with Crippen LogP contribution in [0, 0.1) is 0 Å². The van der Waals surface area contributed by atoms with Crippen molar-refractivity contribution in [3.63, 3.8) is 0 Å². The molecule has 0 aliphatic carbocycles. The van der Waals surface area contributed by atoms with Crippen molar-refractivity contribution in [2.75, 3.05) is 6.54 Å². The fraction of sp³-hybridized carbons (Fsp3) is 1.00. The van der Waals surface area contributed by atoms with Crippen LogP contribution < -0.4 is 0 Å². The molecule has 1 unspecified atom stereocenters.